The largest absolute Gasteiger partial charge is 0.467 e. The van der Waals surface area contributed by atoms with E-state index in [1.165, 1.54) is 11.3 Å². The van der Waals surface area contributed by atoms with E-state index in [1.807, 2.05) is 17.2 Å². The molecule has 0 radical (unpaired) electrons. The maximum absolute atomic E-state index is 12.7. The first-order valence-electron chi connectivity index (χ1n) is 7.34. The molecule has 3 rings (SSSR count). The lowest BCUT2D eigenvalue weighted by Gasteiger charge is -2.25. The molecule has 2 aromatic heterocycles. The Hall–Kier alpha value is -1.30. The van der Waals surface area contributed by atoms with Crippen LogP contribution >= 0.6 is 22.9 Å². The van der Waals surface area contributed by atoms with Gasteiger partial charge in [-0.25, -0.2) is 0 Å². The average Bonchev–Trinajstić information content (AvgIpc) is 3.22. The van der Waals surface area contributed by atoms with E-state index >= 15 is 0 Å². The smallest absolute Gasteiger partial charge is 0.265 e. The van der Waals surface area contributed by atoms with Crippen LogP contribution in [0, 0.1) is 6.92 Å². The van der Waals surface area contributed by atoms with E-state index in [4.69, 9.17) is 16.0 Å². The van der Waals surface area contributed by atoms with Crippen molar-refractivity contribution >= 4 is 28.8 Å². The van der Waals surface area contributed by atoms with Gasteiger partial charge >= 0.3 is 0 Å². The number of hydrogen-bond donors (Lipinski definition) is 1. The topological polar surface area (TPSA) is 53.7 Å². The van der Waals surface area contributed by atoms with Gasteiger partial charge in [0.15, 0.2) is 0 Å². The number of amides is 1. The number of nitrogens with zero attached hydrogens (tertiary/aromatic N) is 1. The Labute approximate surface area is 138 Å². The predicted molar refractivity (Wildman–Crippen MR) is 86.4 cm³/mol. The minimum atomic E-state index is -0.686. The highest BCUT2D eigenvalue weighted by atomic mass is 35.5. The van der Waals surface area contributed by atoms with E-state index < -0.39 is 6.10 Å². The quantitative estimate of drug-likeness (QED) is 0.914. The van der Waals surface area contributed by atoms with Gasteiger partial charge in [-0.3, -0.25) is 4.79 Å². The molecule has 1 N–H and O–H groups in total. The van der Waals surface area contributed by atoms with Gasteiger partial charge in [-0.2, -0.15) is 0 Å². The normalized spacial score (nSPS) is 19.6. The Morgan fingerprint density at radius 1 is 1.64 bits per heavy atom. The summed E-state index contributed by atoms with van der Waals surface area (Å²) in [7, 11) is 0. The van der Waals surface area contributed by atoms with Gasteiger partial charge in [0.1, 0.15) is 16.7 Å². The molecule has 22 heavy (non-hydrogen) atoms. The number of carbonyl (C=O) groups excluding carboxylic acids is 1. The summed E-state index contributed by atoms with van der Waals surface area (Å²) in [5.41, 5.74) is 0.932. The fraction of sp³-hybridized carbons (Fsp3) is 0.438. The maximum Gasteiger partial charge on any atom is 0.265 e. The first kappa shape index (κ1) is 15.6. The van der Waals surface area contributed by atoms with Crippen molar-refractivity contribution in [1.29, 1.82) is 0 Å². The van der Waals surface area contributed by atoms with Crippen LogP contribution in [0.1, 0.15) is 46.4 Å². The molecule has 0 aliphatic carbocycles. The second-order valence-corrected chi connectivity index (χ2v) is 6.88. The molecule has 2 aromatic rings. The van der Waals surface area contributed by atoms with E-state index in [-0.39, 0.29) is 11.9 Å². The van der Waals surface area contributed by atoms with Crippen molar-refractivity contribution in [2.45, 2.75) is 38.3 Å². The highest BCUT2D eigenvalue weighted by molar-refractivity contribution is 7.13. The van der Waals surface area contributed by atoms with Crippen molar-refractivity contribution < 1.29 is 14.3 Å². The van der Waals surface area contributed by atoms with Crippen LogP contribution < -0.4 is 0 Å². The predicted octanol–water partition coefficient (Wildman–Crippen LogP) is 4.03. The first-order valence-corrected chi connectivity index (χ1v) is 8.59. The molecule has 0 aromatic carbocycles. The molecule has 4 nitrogen and oxygen atoms in total. The fourth-order valence-electron chi connectivity index (χ4n) is 2.91. The van der Waals surface area contributed by atoms with Crippen molar-refractivity contribution in [3.63, 3.8) is 0 Å². The lowest BCUT2D eigenvalue weighted by molar-refractivity contribution is 0.0646. The van der Waals surface area contributed by atoms with Crippen LogP contribution in [0.5, 0.6) is 0 Å². The van der Waals surface area contributed by atoms with Crippen LogP contribution in [0.3, 0.4) is 0 Å². The summed E-state index contributed by atoms with van der Waals surface area (Å²) >= 11 is 7.60. The second kappa shape index (κ2) is 6.44. The van der Waals surface area contributed by atoms with Crippen molar-refractivity contribution in [3.8, 4) is 0 Å². The Morgan fingerprint density at radius 3 is 3.09 bits per heavy atom. The molecular weight excluding hydrogens is 322 g/mol. The van der Waals surface area contributed by atoms with Gasteiger partial charge in [0.2, 0.25) is 0 Å². The Morgan fingerprint density at radius 2 is 2.45 bits per heavy atom. The molecule has 0 spiro atoms. The van der Waals surface area contributed by atoms with Crippen molar-refractivity contribution in [2.75, 3.05) is 6.54 Å². The van der Waals surface area contributed by atoms with Crippen molar-refractivity contribution in [2.24, 2.45) is 0 Å². The minimum absolute atomic E-state index is 0.0195. The van der Waals surface area contributed by atoms with Crippen molar-refractivity contribution in [1.82, 2.24) is 4.90 Å². The summed E-state index contributed by atoms with van der Waals surface area (Å²) in [5, 5.41) is 12.7. The molecule has 2 atom stereocenters. The number of hydrogen-bond acceptors (Lipinski definition) is 4. The van der Waals surface area contributed by atoms with Gasteiger partial charge in [0.25, 0.3) is 5.91 Å². The molecule has 1 aliphatic rings. The molecule has 0 unspecified atom stereocenters. The number of carbonyl (C=O) groups is 1. The zero-order valence-corrected chi connectivity index (χ0v) is 13.9. The van der Waals surface area contributed by atoms with Gasteiger partial charge in [-0.05, 0) is 42.8 Å². The van der Waals surface area contributed by atoms with Gasteiger partial charge in [-0.15, -0.1) is 11.3 Å². The lowest BCUT2D eigenvalue weighted by Crippen LogP contribution is -2.36. The van der Waals surface area contributed by atoms with E-state index in [2.05, 4.69) is 0 Å². The molecule has 3 heterocycles. The van der Waals surface area contributed by atoms with Gasteiger partial charge in [-0.1, -0.05) is 11.6 Å². The van der Waals surface area contributed by atoms with Crippen LogP contribution in [0.15, 0.2) is 28.2 Å². The van der Waals surface area contributed by atoms with Crippen LogP contribution in [0.25, 0.3) is 0 Å². The van der Waals surface area contributed by atoms with E-state index in [9.17, 15) is 9.90 Å². The monoisotopic (exact) mass is 339 g/mol. The zero-order chi connectivity index (χ0) is 15.7. The van der Waals surface area contributed by atoms with Crippen LogP contribution in [-0.4, -0.2) is 28.5 Å². The molecular formula is C16H18ClNO3S. The van der Waals surface area contributed by atoms with Crippen LogP contribution in [-0.2, 0) is 0 Å². The fourth-order valence-corrected chi connectivity index (χ4v) is 4.14. The third-order valence-electron chi connectivity index (χ3n) is 4.10. The Bertz CT molecular complexity index is 652. The molecule has 1 amide bonds. The highest BCUT2D eigenvalue weighted by Gasteiger charge is 2.33. The van der Waals surface area contributed by atoms with Crippen molar-refractivity contribution in [3.05, 3.63) is 45.0 Å². The summed E-state index contributed by atoms with van der Waals surface area (Å²) in [6.45, 7) is 2.61. The molecule has 1 aliphatic heterocycles. The standard InChI is InChI=1S/C16H18ClNO3S/c1-10-9-22-15(14(10)17)16(20)18-6-2-4-11(18)8-12(19)13-5-3-7-21-13/h3,5,7,9,11-12,19H,2,4,6,8H2,1H3/t11-,12-/m1/s1. The molecule has 0 bridgehead atoms. The van der Waals surface area contributed by atoms with E-state index in [1.54, 1.807) is 18.4 Å². The molecule has 1 saturated heterocycles. The zero-order valence-electron chi connectivity index (χ0n) is 12.3. The van der Waals surface area contributed by atoms with Crippen LogP contribution in [0.2, 0.25) is 5.02 Å². The molecule has 6 heteroatoms. The summed E-state index contributed by atoms with van der Waals surface area (Å²) in [5.74, 6) is 0.515. The number of rotatable bonds is 4. The van der Waals surface area contributed by atoms with Crippen LogP contribution in [0.4, 0.5) is 0 Å². The third-order valence-corrected chi connectivity index (χ3v) is 5.78. The molecule has 1 fully saturated rings. The number of furan rings is 1. The summed E-state index contributed by atoms with van der Waals surface area (Å²) in [6.07, 6.45) is 3.19. The summed E-state index contributed by atoms with van der Waals surface area (Å²) < 4.78 is 5.24. The maximum atomic E-state index is 12.7. The Kier molecular flexibility index (Phi) is 4.57. The summed E-state index contributed by atoms with van der Waals surface area (Å²) in [4.78, 5) is 15.1. The number of thiophene rings is 1. The average molecular weight is 340 g/mol. The van der Waals surface area contributed by atoms with E-state index in [0.717, 1.165) is 18.4 Å². The molecule has 0 saturated carbocycles. The van der Waals surface area contributed by atoms with E-state index in [0.29, 0.717) is 28.6 Å². The second-order valence-electron chi connectivity index (χ2n) is 5.62. The highest BCUT2D eigenvalue weighted by Crippen LogP contribution is 2.33. The molecule has 118 valence electrons. The number of aryl methyl sites for hydroxylation is 1. The number of aliphatic hydroxyl groups is 1. The lowest BCUT2D eigenvalue weighted by atomic mass is 10.1. The summed E-state index contributed by atoms with van der Waals surface area (Å²) in [6, 6.07) is 3.53. The SMILES string of the molecule is Cc1csc(C(=O)N2CCC[C@@H]2C[C@@H](O)c2ccco2)c1Cl. The van der Waals surface area contributed by atoms with Gasteiger partial charge < -0.3 is 14.4 Å². The number of halogens is 1. The number of likely N-dealkylation sites (tertiary alicyclic amines) is 1. The number of aliphatic hydroxyl groups excluding tert-OH is 1. The van der Waals surface area contributed by atoms with Gasteiger partial charge in [0, 0.05) is 19.0 Å². The Balaban J connectivity index is 1.73. The minimum Gasteiger partial charge on any atom is -0.467 e. The van der Waals surface area contributed by atoms with Gasteiger partial charge in [0.05, 0.1) is 11.3 Å². The third kappa shape index (κ3) is 2.93. The first-order chi connectivity index (χ1) is 10.6.